The van der Waals surface area contributed by atoms with E-state index in [0.717, 1.165) is 22.4 Å². The molecular weight excluding hydrogens is 416 g/mol. The van der Waals surface area contributed by atoms with Gasteiger partial charge in [0, 0.05) is 26.0 Å². The fourth-order valence-corrected chi connectivity index (χ4v) is 4.24. The maximum absolute atomic E-state index is 13.4. The maximum atomic E-state index is 13.4. The first-order chi connectivity index (χ1) is 16.1. The fraction of sp³-hybridized carbons (Fsp3) is 0.192. The predicted octanol–water partition coefficient (Wildman–Crippen LogP) is 3.65. The summed E-state index contributed by atoms with van der Waals surface area (Å²) >= 11 is 0. The molecule has 7 nitrogen and oxygen atoms in total. The second-order valence-corrected chi connectivity index (χ2v) is 8.17. The second kappa shape index (κ2) is 8.78. The number of nitrogens with zero attached hydrogens (tertiary/aromatic N) is 3. The van der Waals surface area contributed by atoms with Crippen LogP contribution in [-0.2, 0) is 17.9 Å². The first-order valence-corrected chi connectivity index (χ1v) is 10.8. The highest BCUT2D eigenvalue weighted by Crippen LogP contribution is 2.37. The molecule has 0 fully saturated rings. The largest absolute Gasteiger partial charge is 0.489 e. The van der Waals surface area contributed by atoms with Gasteiger partial charge in [-0.3, -0.25) is 14.7 Å². The van der Waals surface area contributed by atoms with Crippen LogP contribution in [0, 0.1) is 0 Å². The van der Waals surface area contributed by atoms with Crippen LogP contribution in [0.25, 0.3) is 0 Å². The van der Waals surface area contributed by atoms with Gasteiger partial charge < -0.3 is 15.0 Å². The monoisotopic (exact) mass is 440 g/mol. The molecule has 0 spiro atoms. The summed E-state index contributed by atoms with van der Waals surface area (Å²) in [6.07, 6.45) is 3.46. The molecule has 2 aromatic carbocycles. The van der Waals surface area contributed by atoms with Gasteiger partial charge in [-0.05, 0) is 34.9 Å². The first-order valence-electron chi connectivity index (χ1n) is 10.8. The summed E-state index contributed by atoms with van der Waals surface area (Å²) in [5.41, 5.74) is 4.15. The molecule has 0 saturated carbocycles. The molecule has 3 amide bonds. The number of rotatable bonds is 6. The smallest absolute Gasteiger partial charge is 0.322 e. The van der Waals surface area contributed by atoms with E-state index in [9.17, 15) is 9.59 Å². The number of ether oxygens (including phenoxy) is 1. The Labute approximate surface area is 192 Å². The van der Waals surface area contributed by atoms with E-state index in [1.165, 1.54) is 4.90 Å². The standard InChI is InChI=1S/C26H24N4O3/c1-29-22-16-30(15-19-9-6-12-27-14-19)25(31)23(22)24(28-26(29)32)20-10-5-11-21(13-20)33-17-18-7-3-2-4-8-18/h2-14,24H,15-17H2,1H3,(H,28,32). The van der Waals surface area contributed by atoms with Crippen LogP contribution in [0.5, 0.6) is 5.75 Å². The van der Waals surface area contributed by atoms with Crippen molar-refractivity contribution < 1.29 is 14.3 Å². The molecule has 0 radical (unpaired) electrons. The number of urea groups is 1. The molecule has 0 bridgehead atoms. The average molecular weight is 441 g/mol. The summed E-state index contributed by atoms with van der Waals surface area (Å²) in [6.45, 7) is 1.26. The summed E-state index contributed by atoms with van der Waals surface area (Å²) in [5.74, 6) is 0.602. The third kappa shape index (κ3) is 4.17. The summed E-state index contributed by atoms with van der Waals surface area (Å²) in [7, 11) is 1.70. The third-order valence-electron chi connectivity index (χ3n) is 5.97. The van der Waals surface area contributed by atoms with Crippen LogP contribution in [0.3, 0.4) is 0 Å². The van der Waals surface area contributed by atoms with Crippen LogP contribution in [0.2, 0.25) is 0 Å². The summed E-state index contributed by atoms with van der Waals surface area (Å²) in [4.78, 5) is 33.5. The van der Waals surface area contributed by atoms with E-state index in [-0.39, 0.29) is 11.9 Å². The Hall–Kier alpha value is -4.13. The van der Waals surface area contributed by atoms with Crippen LogP contribution in [0.1, 0.15) is 22.7 Å². The molecule has 1 aromatic heterocycles. The molecule has 2 aliphatic rings. The van der Waals surface area contributed by atoms with Crippen molar-refractivity contribution in [3.05, 3.63) is 107 Å². The Balaban J connectivity index is 1.40. The highest BCUT2D eigenvalue weighted by Gasteiger charge is 2.42. The molecule has 1 unspecified atom stereocenters. The fourth-order valence-electron chi connectivity index (χ4n) is 4.24. The lowest BCUT2D eigenvalue weighted by atomic mass is 9.95. The molecule has 2 aliphatic heterocycles. The van der Waals surface area contributed by atoms with Gasteiger partial charge in [-0.1, -0.05) is 48.5 Å². The van der Waals surface area contributed by atoms with Crippen LogP contribution < -0.4 is 10.1 Å². The molecule has 0 saturated heterocycles. The summed E-state index contributed by atoms with van der Waals surface area (Å²) < 4.78 is 5.97. The van der Waals surface area contributed by atoms with Crippen LogP contribution in [0.4, 0.5) is 4.79 Å². The number of benzene rings is 2. The lowest BCUT2D eigenvalue weighted by molar-refractivity contribution is -0.126. The summed E-state index contributed by atoms with van der Waals surface area (Å²) in [6, 6.07) is 20.5. The first kappa shape index (κ1) is 20.8. The zero-order valence-corrected chi connectivity index (χ0v) is 18.3. The Bertz CT molecular complexity index is 1210. The molecule has 7 heteroatoms. The van der Waals surface area contributed by atoms with Crippen LogP contribution >= 0.6 is 0 Å². The highest BCUT2D eigenvalue weighted by molar-refractivity contribution is 6.01. The van der Waals surface area contributed by atoms with E-state index in [4.69, 9.17) is 4.74 Å². The van der Waals surface area contributed by atoms with Crippen LogP contribution in [0.15, 0.2) is 90.4 Å². The minimum atomic E-state index is -0.532. The van der Waals surface area contributed by atoms with Gasteiger partial charge >= 0.3 is 6.03 Å². The van der Waals surface area contributed by atoms with Gasteiger partial charge in [-0.25, -0.2) is 4.79 Å². The summed E-state index contributed by atoms with van der Waals surface area (Å²) in [5, 5.41) is 2.98. The Morgan fingerprint density at radius 1 is 1.03 bits per heavy atom. The van der Waals surface area contributed by atoms with Gasteiger partial charge in [0.15, 0.2) is 0 Å². The van der Waals surface area contributed by atoms with Crippen molar-refractivity contribution in [2.75, 3.05) is 13.6 Å². The van der Waals surface area contributed by atoms with E-state index >= 15 is 0 Å². The number of carbonyl (C=O) groups is 2. The molecular formula is C26H24N4O3. The molecule has 3 heterocycles. The molecule has 3 aromatic rings. The quantitative estimate of drug-likeness (QED) is 0.635. The van der Waals surface area contributed by atoms with Gasteiger partial charge in [-0.15, -0.1) is 0 Å². The number of hydrogen-bond acceptors (Lipinski definition) is 4. The molecule has 1 N–H and O–H groups in total. The number of pyridine rings is 1. The molecule has 33 heavy (non-hydrogen) atoms. The third-order valence-corrected chi connectivity index (χ3v) is 5.97. The zero-order valence-electron chi connectivity index (χ0n) is 18.3. The normalized spacial score (nSPS) is 17.8. The minimum Gasteiger partial charge on any atom is -0.489 e. The Morgan fingerprint density at radius 3 is 2.64 bits per heavy atom. The molecule has 0 aliphatic carbocycles. The van der Waals surface area contributed by atoms with E-state index in [0.29, 0.717) is 31.0 Å². The number of aromatic nitrogens is 1. The maximum Gasteiger partial charge on any atom is 0.322 e. The number of nitrogens with one attached hydrogen (secondary N) is 1. The predicted molar refractivity (Wildman–Crippen MR) is 123 cm³/mol. The lowest BCUT2D eigenvalue weighted by Crippen LogP contribution is -2.45. The van der Waals surface area contributed by atoms with Crippen molar-refractivity contribution >= 4 is 11.9 Å². The van der Waals surface area contributed by atoms with Gasteiger partial charge in [0.25, 0.3) is 5.91 Å². The number of hydrogen-bond donors (Lipinski definition) is 1. The number of likely N-dealkylation sites (N-methyl/N-ethyl adjacent to an activating group) is 1. The molecule has 1 atom stereocenters. The van der Waals surface area contributed by atoms with Crippen molar-refractivity contribution in [2.45, 2.75) is 19.2 Å². The SMILES string of the molecule is CN1C(=O)NC(c2cccc(OCc3ccccc3)c2)C2=C1CN(Cc1cccnc1)C2=O. The van der Waals surface area contributed by atoms with E-state index < -0.39 is 6.04 Å². The van der Waals surface area contributed by atoms with E-state index in [2.05, 4.69) is 10.3 Å². The topological polar surface area (TPSA) is 74.8 Å². The number of carbonyl (C=O) groups excluding carboxylic acids is 2. The van der Waals surface area contributed by atoms with Crippen molar-refractivity contribution in [3.63, 3.8) is 0 Å². The van der Waals surface area contributed by atoms with Gasteiger partial charge in [0.1, 0.15) is 12.4 Å². The van der Waals surface area contributed by atoms with Crippen molar-refractivity contribution in [2.24, 2.45) is 0 Å². The number of amides is 3. The second-order valence-electron chi connectivity index (χ2n) is 8.17. The minimum absolute atomic E-state index is 0.0821. The Morgan fingerprint density at radius 2 is 1.85 bits per heavy atom. The van der Waals surface area contributed by atoms with Crippen molar-refractivity contribution in [1.82, 2.24) is 20.1 Å². The van der Waals surface area contributed by atoms with Crippen LogP contribution in [-0.4, -0.2) is 40.3 Å². The Kier molecular flexibility index (Phi) is 5.52. The van der Waals surface area contributed by atoms with Crippen molar-refractivity contribution in [3.8, 4) is 5.75 Å². The van der Waals surface area contributed by atoms with Gasteiger partial charge in [0.2, 0.25) is 0 Å². The van der Waals surface area contributed by atoms with E-state index in [1.54, 1.807) is 24.3 Å². The highest BCUT2D eigenvalue weighted by atomic mass is 16.5. The van der Waals surface area contributed by atoms with Crippen molar-refractivity contribution in [1.29, 1.82) is 0 Å². The lowest BCUT2D eigenvalue weighted by Gasteiger charge is -2.31. The average Bonchev–Trinajstić information content (AvgIpc) is 3.17. The van der Waals surface area contributed by atoms with Gasteiger partial charge in [0.05, 0.1) is 23.9 Å². The van der Waals surface area contributed by atoms with E-state index in [1.807, 2.05) is 66.7 Å². The molecule has 166 valence electrons. The van der Waals surface area contributed by atoms with Gasteiger partial charge in [-0.2, -0.15) is 0 Å². The zero-order chi connectivity index (χ0) is 22.8. The molecule has 5 rings (SSSR count).